The summed E-state index contributed by atoms with van der Waals surface area (Å²) in [4.78, 5) is 8.87. The highest BCUT2D eigenvalue weighted by Crippen LogP contribution is 2.14. The lowest BCUT2D eigenvalue weighted by molar-refractivity contribution is 0.746. The summed E-state index contributed by atoms with van der Waals surface area (Å²) >= 11 is 0. The van der Waals surface area contributed by atoms with Crippen molar-refractivity contribution in [2.45, 2.75) is 33.2 Å². The van der Waals surface area contributed by atoms with Crippen molar-refractivity contribution >= 4 is 11.6 Å². The van der Waals surface area contributed by atoms with Crippen molar-refractivity contribution in [3.8, 4) is 0 Å². The summed E-state index contributed by atoms with van der Waals surface area (Å²) in [5.41, 5.74) is 2.33. The van der Waals surface area contributed by atoms with Gasteiger partial charge in [0.15, 0.2) is 0 Å². The average molecular weight is 274 g/mol. The lowest BCUT2D eigenvalue weighted by Crippen LogP contribution is -2.07. The number of nitrogens with zero attached hydrogens (tertiary/aromatic N) is 4. The van der Waals surface area contributed by atoms with Crippen molar-refractivity contribution in [1.29, 1.82) is 0 Å². The Morgan fingerprint density at radius 2 is 1.90 bits per heavy atom. The predicted octanol–water partition coefficient (Wildman–Crippen LogP) is 1.99. The molecule has 108 valence electrons. The zero-order valence-corrected chi connectivity index (χ0v) is 12.6. The fraction of sp³-hybridized carbons (Fsp3) is 0.500. The first-order valence-corrected chi connectivity index (χ1v) is 6.97. The van der Waals surface area contributed by atoms with Gasteiger partial charge in [-0.15, -0.1) is 0 Å². The third kappa shape index (κ3) is 3.26. The molecule has 0 amide bonds. The Labute approximate surface area is 119 Å². The van der Waals surface area contributed by atoms with E-state index in [2.05, 4.69) is 39.5 Å². The Balaban J connectivity index is 2.13. The standard InChI is InChI=1S/C14H22N6/c1-5-11-10(9-20(4)19-11)8-16-14-7-13(15-3)17-12(6-2)18-14/h7,9H,5-6,8H2,1-4H3,(H2,15,16,17,18). The highest BCUT2D eigenvalue weighted by molar-refractivity contribution is 5.47. The van der Waals surface area contributed by atoms with Crippen LogP contribution in [0, 0.1) is 0 Å². The molecule has 0 spiro atoms. The lowest BCUT2D eigenvalue weighted by Gasteiger charge is -2.09. The van der Waals surface area contributed by atoms with E-state index in [1.165, 1.54) is 5.56 Å². The summed E-state index contributed by atoms with van der Waals surface area (Å²) in [6.45, 7) is 4.89. The Bertz CT molecular complexity index is 553. The van der Waals surface area contributed by atoms with Crippen LogP contribution >= 0.6 is 0 Å². The summed E-state index contributed by atoms with van der Waals surface area (Å²) < 4.78 is 1.85. The van der Waals surface area contributed by atoms with Gasteiger partial charge < -0.3 is 10.6 Å². The molecule has 20 heavy (non-hydrogen) atoms. The van der Waals surface area contributed by atoms with Gasteiger partial charge in [0.25, 0.3) is 0 Å². The van der Waals surface area contributed by atoms with Crippen molar-refractivity contribution in [3.05, 3.63) is 29.3 Å². The van der Waals surface area contributed by atoms with Crippen molar-refractivity contribution in [3.63, 3.8) is 0 Å². The normalized spacial score (nSPS) is 10.6. The molecule has 2 aromatic rings. The Morgan fingerprint density at radius 1 is 1.15 bits per heavy atom. The molecule has 6 nitrogen and oxygen atoms in total. The van der Waals surface area contributed by atoms with E-state index in [0.717, 1.165) is 42.5 Å². The van der Waals surface area contributed by atoms with Gasteiger partial charge in [-0.2, -0.15) is 5.10 Å². The van der Waals surface area contributed by atoms with Gasteiger partial charge in [0.05, 0.1) is 5.69 Å². The fourth-order valence-corrected chi connectivity index (χ4v) is 2.09. The predicted molar refractivity (Wildman–Crippen MR) is 80.9 cm³/mol. The monoisotopic (exact) mass is 274 g/mol. The molecule has 0 aliphatic rings. The van der Waals surface area contributed by atoms with Crippen LogP contribution in [-0.2, 0) is 26.4 Å². The van der Waals surface area contributed by atoms with Gasteiger partial charge in [0.1, 0.15) is 17.5 Å². The maximum Gasteiger partial charge on any atom is 0.132 e. The van der Waals surface area contributed by atoms with Crippen molar-refractivity contribution in [2.24, 2.45) is 7.05 Å². The topological polar surface area (TPSA) is 67.7 Å². The number of nitrogens with one attached hydrogen (secondary N) is 2. The molecular formula is C14H22N6. The van der Waals surface area contributed by atoms with E-state index < -0.39 is 0 Å². The Kier molecular flexibility index (Phi) is 4.55. The molecule has 0 unspecified atom stereocenters. The molecule has 2 rings (SSSR count). The zero-order valence-electron chi connectivity index (χ0n) is 12.6. The number of hydrogen-bond donors (Lipinski definition) is 2. The van der Waals surface area contributed by atoms with Crippen LogP contribution in [0.1, 0.15) is 30.9 Å². The third-order valence-electron chi connectivity index (χ3n) is 3.13. The highest BCUT2D eigenvalue weighted by atomic mass is 15.3. The van der Waals surface area contributed by atoms with E-state index >= 15 is 0 Å². The van der Waals surface area contributed by atoms with Gasteiger partial charge >= 0.3 is 0 Å². The maximum absolute atomic E-state index is 4.49. The van der Waals surface area contributed by atoms with Gasteiger partial charge in [-0.3, -0.25) is 4.68 Å². The van der Waals surface area contributed by atoms with Gasteiger partial charge in [0.2, 0.25) is 0 Å². The van der Waals surface area contributed by atoms with Crippen LogP contribution in [-0.4, -0.2) is 26.8 Å². The molecular weight excluding hydrogens is 252 g/mol. The summed E-state index contributed by atoms with van der Waals surface area (Å²) in [6.07, 6.45) is 3.80. The van der Waals surface area contributed by atoms with E-state index in [0.29, 0.717) is 0 Å². The van der Waals surface area contributed by atoms with Crippen LogP contribution in [0.25, 0.3) is 0 Å². The second kappa shape index (κ2) is 6.36. The molecule has 0 fully saturated rings. The number of anilines is 2. The van der Waals surface area contributed by atoms with Crippen LogP contribution in [0.5, 0.6) is 0 Å². The van der Waals surface area contributed by atoms with Crippen LogP contribution in [0.2, 0.25) is 0 Å². The van der Waals surface area contributed by atoms with Crippen LogP contribution in [0.3, 0.4) is 0 Å². The molecule has 2 heterocycles. The Morgan fingerprint density at radius 3 is 2.55 bits per heavy atom. The largest absolute Gasteiger partial charge is 0.373 e. The van der Waals surface area contributed by atoms with Crippen LogP contribution in [0.4, 0.5) is 11.6 Å². The first kappa shape index (κ1) is 14.3. The zero-order chi connectivity index (χ0) is 14.5. The van der Waals surface area contributed by atoms with E-state index in [-0.39, 0.29) is 0 Å². The van der Waals surface area contributed by atoms with Crippen molar-refractivity contribution in [1.82, 2.24) is 19.7 Å². The second-order valence-electron chi connectivity index (χ2n) is 4.64. The number of aromatic nitrogens is 4. The van der Waals surface area contributed by atoms with E-state index in [1.54, 1.807) is 0 Å². The summed E-state index contributed by atoms with van der Waals surface area (Å²) in [7, 11) is 3.81. The fourth-order valence-electron chi connectivity index (χ4n) is 2.09. The summed E-state index contributed by atoms with van der Waals surface area (Å²) in [6, 6.07) is 1.92. The molecule has 0 aliphatic carbocycles. The van der Waals surface area contributed by atoms with E-state index in [4.69, 9.17) is 0 Å². The van der Waals surface area contributed by atoms with Gasteiger partial charge in [-0.1, -0.05) is 13.8 Å². The van der Waals surface area contributed by atoms with Crippen molar-refractivity contribution < 1.29 is 0 Å². The molecule has 6 heteroatoms. The Hall–Kier alpha value is -2.11. The molecule has 0 aliphatic heterocycles. The van der Waals surface area contributed by atoms with Gasteiger partial charge in [-0.25, -0.2) is 9.97 Å². The molecule has 2 aromatic heterocycles. The molecule has 0 atom stereocenters. The number of hydrogen-bond acceptors (Lipinski definition) is 5. The van der Waals surface area contributed by atoms with E-state index in [9.17, 15) is 0 Å². The second-order valence-corrected chi connectivity index (χ2v) is 4.64. The third-order valence-corrected chi connectivity index (χ3v) is 3.13. The SMILES string of the molecule is CCc1nc(NC)cc(NCc2cn(C)nc2CC)n1. The van der Waals surface area contributed by atoms with E-state index in [1.807, 2.05) is 31.0 Å². The van der Waals surface area contributed by atoms with Gasteiger partial charge in [-0.05, 0) is 6.42 Å². The minimum absolute atomic E-state index is 0.723. The van der Waals surface area contributed by atoms with Crippen molar-refractivity contribution in [2.75, 3.05) is 17.7 Å². The minimum atomic E-state index is 0.723. The molecule has 0 saturated heterocycles. The maximum atomic E-state index is 4.49. The summed E-state index contributed by atoms with van der Waals surface area (Å²) in [5, 5.41) is 10.9. The van der Waals surface area contributed by atoms with Crippen LogP contribution in [0.15, 0.2) is 12.3 Å². The summed E-state index contributed by atoms with van der Waals surface area (Å²) in [5.74, 6) is 2.51. The number of aryl methyl sites for hydroxylation is 3. The lowest BCUT2D eigenvalue weighted by atomic mass is 10.2. The van der Waals surface area contributed by atoms with Gasteiger partial charge in [0, 0.05) is 44.9 Å². The number of rotatable bonds is 6. The van der Waals surface area contributed by atoms with Crippen LogP contribution < -0.4 is 10.6 Å². The quantitative estimate of drug-likeness (QED) is 0.843. The molecule has 0 bridgehead atoms. The minimum Gasteiger partial charge on any atom is -0.373 e. The highest BCUT2D eigenvalue weighted by Gasteiger charge is 2.07. The molecule has 0 aromatic carbocycles. The molecule has 0 saturated carbocycles. The molecule has 2 N–H and O–H groups in total. The average Bonchev–Trinajstić information content (AvgIpc) is 2.84. The molecule has 0 radical (unpaired) electrons. The smallest absolute Gasteiger partial charge is 0.132 e. The first-order chi connectivity index (χ1) is 9.66. The first-order valence-electron chi connectivity index (χ1n) is 6.97.